The smallest absolute Gasteiger partial charge is 0.0799 e. The molecule has 86 valence electrons. The van der Waals surface area contributed by atoms with Crippen LogP contribution in [0.15, 0.2) is 0 Å². The third kappa shape index (κ3) is 6.39. The monoisotopic (exact) mass is 202 g/mol. The Kier molecular flexibility index (Phi) is 8.20. The summed E-state index contributed by atoms with van der Waals surface area (Å²) in [5, 5.41) is 19.1. The number of rotatable bonds is 8. The van der Waals surface area contributed by atoms with E-state index in [2.05, 4.69) is 13.8 Å². The maximum absolute atomic E-state index is 9.62. The van der Waals surface area contributed by atoms with E-state index in [1.807, 2.05) is 6.92 Å². The standard InChI is InChI=1S/C12H26O2/c1-4-6-10(3)8-9-12(14)11(13)7-5-2/h10-14H,4-9H2,1-3H3. The first-order chi connectivity index (χ1) is 6.61. The van der Waals surface area contributed by atoms with Crippen molar-refractivity contribution in [3.8, 4) is 0 Å². The minimum Gasteiger partial charge on any atom is -0.390 e. The zero-order valence-electron chi connectivity index (χ0n) is 9.87. The van der Waals surface area contributed by atoms with Crippen molar-refractivity contribution in [1.82, 2.24) is 0 Å². The largest absolute Gasteiger partial charge is 0.390 e. The summed E-state index contributed by atoms with van der Waals surface area (Å²) < 4.78 is 0. The highest BCUT2D eigenvalue weighted by molar-refractivity contribution is 4.68. The summed E-state index contributed by atoms with van der Waals surface area (Å²) in [5.41, 5.74) is 0. The van der Waals surface area contributed by atoms with Gasteiger partial charge in [-0.2, -0.15) is 0 Å². The van der Waals surface area contributed by atoms with Gasteiger partial charge in [0.15, 0.2) is 0 Å². The number of aliphatic hydroxyl groups is 2. The van der Waals surface area contributed by atoms with Gasteiger partial charge in [0.2, 0.25) is 0 Å². The van der Waals surface area contributed by atoms with Crippen molar-refractivity contribution in [1.29, 1.82) is 0 Å². The average molecular weight is 202 g/mol. The Morgan fingerprint density at radius 2 is 1.29 bits per heavy atom. The number of hydrogen-bond donors (Lipinski definition) is 2. The van der Waals surface area contributed by atoms with Crippen molar-refractivity contribution < 1.29 is 10.2 Å². The van der Waals surface area contributed by atoms with Crippen LogP contribution in [0.1, 0.15) is 59.3 Å². The van der Waals surface area contributed by atoms with Gasteiger partial charge in [-0.15, -0.1) is 0 Å². The fourth-order valence-corrected chi connectivity index (χ4v) is 1.77. The van der Waals surface area contributed by atoms with Crippen LogP contribution in [0.3, 0.4) is 0 Å². The SMILES string of the molecule is CCCC(C)CCC(O)C(O)CCC. The van der Waals surface area contributed by atoms with Crippen LogP contribution in [-0.2, 0) is 0 Å². The van der Waals surface area contributed by atoms with Crippen LogP contribution in [0.5, 0.6) is 0 Å². The average Bonchev–Trinajstić information content (AvgIpc) is 2.15. The lowest BCUT2D eigenvalue weighted by molar-refractivity contribution is 0.00629. The number of hydrogen-bond acceptors (Lipinski definition) is 2. The zero-order valence-corrected chi connectivity index (χ0v) is 9.87. The first kappa shape index (κ1) is 13.9. The lowest BCUT2D eigenvalue weighted by Crippen LogP contribution is -2.26. The second-order valence-corrected chi connectivity index (χ2v) is 4.39. The molecule has 0 rings (SSSR count). The normalized spacial score (nSPS) is 17.8. The van der Waals surface area contributed by atoms with E-state index >= 15 is 0 Å². The summed E-state index contributed by atoms with van der Waals surface area (Å²) in [6.45, 7) is 6.41. The van der Waals surface area contributed by atoms with E-state index in [1.165, 1.54) is 12.8 Å². The predicted molar refractivity (Wildman–Crippen MR) is 60.2 cm³/mol. The minimum atomic E-state index is -0.520. The minimum absolute atomic E-state index is 0.519. The number of aliphatic hydroxyl groups excluding tert-OH is 2. The molecule has 0 bridgehead atoms. The predicted octanol–water partition coefficient (Wildman–Crippen LogP) is 2.72. The lowest BCUT2D eigenvalue weighted by Gasteiger charge is -2.18. The summed E-state index contributed by atoms with van der Waals surface area (Å²) in [6, 6.07) is 0. The van der Waals surface area contributed by atoms with E-state index in [0.29, 0.717) is 12.3 Å². The Hall–Kier alpha value is -0.0800. The molecule has 0 aliphatic carbocycles. The maximum atomic E-state index is 9.62. The molecule has 3 unspecified atom stereocenters. The molecule has 0 fully saturated rings. The molecular formula is C12H26O2. The van der Waals surface area contributed by atoms with Crippen molar-refractivity contribution in [2.75, 3.05) is 0 Å². The third-order valence-electron chi connectivity index (χ3n) is 2.77. The van der Waals surface area contributed by atoms with Crippen LogP contribution in [0, 0.1) is 5.92 Å². The molecule has 0 aromatic carbocycles. The molecule has 0 aliphatic rings. The van der Waals surface area contributed by atoms with Crippen LogP contribution in [0.2, 0.25) is 0 Å². The van der Waals surface area contributed by atoms with E-state index in [1.54, 1.807) is 0 Å². The molecule has 0 spiro atoms. The van der Waals surface area contributed by atoms with E-state index < -0.39 is 12.2 Å². The first-order valence-electron chi connectivity index (χ1n) is 5.97. The molecule has 0 amide bonds. The third-order valence-corrected chi connectivity index (χ3v) is 2.77. The Morgan fingerprint density at radius 1 is 0.786 bits per heavy atom. The molecule has 2 nitrogen and oxygen atoms in total. The molecule has 2 N–H and O–H groups in total. The van der Waals surface area contributed by atoms with Crippen LogP contribution in [-0.4, -0.2) is 22.4 Å². The first-order valence-corrected chi connectivity index (χ1v) is 5.97. The van der Waals surface area contributed by atoms with Crippen molar-refractivity contribution >= 4 is 0 Å². The quantitative estimate of drug-likeness (QED) is 0.635. The molecule has 3 atom stereocenters. The second kappa shape index (κ2) is 8.25. The summed E-state index contributed by atoms with van der Waals surface area (Å²) in [7, 11) is 0. The molecule has 0 aromatic heterocycles. The van der Waals surface area contributed by atoms with E-state index in [0.717, 1.165) is 19.3 Å². The van der Waals surface area contributed by atoms with Crippen molar-refractivity contribution in [3.63, 3.8) is 0 Å². The summed E-state index contributed by atoms with van der Waals surface area (Å²) >= 11 is 0. The molecule has 0 aliphatic heterocycles. The lowest BCUT2D eigenvalue weighted by atomic mass is 9.95. The fraction of sp³-hybridized carbons (Fsp3) is 1.00. The zero-order chi connectivity index (χ0) is 11.0. The highest BCUT2D eigenvalue weighted by atomic mass is 16.3. The maximum Gasteiger partial charge on any atom is 0.0799 e. The van der Waals surface area contributed by atoms with Crippen molar-refractivity contribution in [3.05, 3.63) is 0 Å². The molecule has 14 heavy (non-hydrogen) atoms. The van der Waals surface area contributed by atoms with E-state index in [-0.39, 0.29) is 0 Å². The van der Waals surface area contributed by atoms with Crippen LogP contribution >= 0.6 is 0 Å². The van der Waals surface area contributed by atoms with Gasteiger partial charge in [-0.3, -0.25) is 0 Å². The summed E-state index contributed by atoms with van der Waals surface area (Å²) in [4.78, 5) is 0. The molecule has 0 aromatic rings. The van der Waals surface area contributed by atoms with Crippen LogP contribution in [0.25, 0.3) is 0 Å². The summed E-state index contributed by atoms with van der Waals surface area (Å²) in [5.74, 6) is 0.670. The van der Waals surface area contributed by atoms with Gasteiger partial charge in [-0.25, -0.2) is 0 Å². The van der Waals surface area contributed by atoms with Gasteiger partial charge in [0.25, 0.3) is 0 Å². The molecule has 2 heteroatoms. The van der Waals surface area contributed by atoms with Gasteiger partial charge >= 0.3 is 0 Å². The fourth-order valence-electron chi connectivity index (χ4n) is 1.77. The van der Waals surface area contributed by atoms with Gasteiger partial charge in [-0.05, 0) is 25.2 Å². The Morgan fingerprint density at radius 3 is 1.79 bits per heavy atom. The van der Waals surface area contributed by atoms with Crippen molar-refractivity contribution in [2.45, 2.75) is 71.5 Å². The van der Waals surface area contributed by atoms with E-state index in [9.17, 15) is 10.2 Å². The van der Waals surface area contributed by atoms with Gasteiger partial charge in [-0.1, -0.05) is 40.0 Å². The van der Waals surface area contributed by atoms with Gasteiger partial charge in [0.05, 0.1) is 12.2 Å². The molecule has 0 saturated carbocycles. The molecule has 0 heterocycles. The Balaban J connectivity index is 3.56. The van der Waals surface area contributed by atoms with Gasteiger partial charge < -0.3 is 10.2 Å². The topological polar surface area (TPSA) is 40.5 Å². The second-order valence-electron chi connectivity index (χ2n) is 4.39. The molecule has 0 radical (unpaired) electrons. The highest BCUT2D eigenvalue weighted by Crippen LogP contribution is 2.16. The van der Waals surface area contributed by atoms with Gasteiger partial charge in [0.1, 0.15) is 0 Å². The Bertz CT molecular complexity index is 125. The summed E-state index contributed by atoms with van der Waals surface area (Å²) in [6.07, 6.45) is 4.79. The molecule has 0 saturated heterocycles. The van der Waals surface area contributed by atoms with Crippen LogP contribution < -0.4 is 0 Å². The van der Waals surface area contributed by atoms with E-state index in [4.69, 9.17) is 0 Å². The van der Waals surface area contributed by atoms with Crippen LogP contribution in [0.4, 0.5) is 0 Å². The highest BCUT2D eigenvalue weighted by Gasteiger charge is 2.15. The van der Waals surface area contributed by atoms with Gasteiger partial charge in [0, 0.05) is 0 Å². The molecular weight excluding hydrogens is 176 g/mol. The Labute approximate surface area is 88.3 Å². The van der Waals surface area contributed by atoms with Crippen molar-refractivity contribution in [2.24, 2.45) is 5.92 Å².